The van der Waals surface area contributed by atoms with E-state index in [1.54, 1.807) is 24.3 Å². The van der Waals surface area contributed by atoms with E-state index in [4.69, 9.17) is 4.74 Å². The highest BCUT2D eigenvalue weighted by Gasteiger charge is 2.34. The molecule has 4 nitrogen and oxygen atoms in total. The summed E-state index contributed by atoms with van der Waals surface area (Å²) in [6.07, 6.45) is 0. The number of ether oxygens (including phenoxy) is 1. The van der Waals surface area contributed by atoms with Crippen LogP contribution >= 0.6 is 0 Å². The lowest BCUT2D eigenvalue weighted by Crippen LogP contribution is -2.29. The van der Waals surface area contributed by atoms with Crippen LogP contribution in [0.1, 0.15) is 33.2 Å². The predicted molar refractivity (Wildman–Crippen MR) is 78.3 cm³/mol. The quantitative estimate of drug-likeness (QED) is 0.810. The summed E-state index contributed by atoms with van der Waals surface area (Å²) in [4.78, 5) is 25.8. The fraction of sp³-hybridized carbons (Fsp3) is 0.176. The van der Waals surface area contributed by atoms with Crippen molar-refractivity contribution in [1.82, 2.24) is 4.90 Å². The highest BCUT2D eigenvalue weighted by atomic mass is 16.5. The minimum atomic E-state index is -0.232. The molecular formula is C17H15NO3. The Labute approximate surface area is 123 Å². The molecule has 0 N–H and O–H groups in total. The standard InChI is InChI=1S/C17H15NO3/c1-2-21-13-9-7-12(8-10-13)11-18-16(19)14-5-3-4-6-15(14)17(18)20/h3-10H,2,11H2,1H3. The van der Waals surface area contributed by atoms with E-state index in [0.29, 0.717) is 17.7 Å². The molecule has 0 fully saturated rings. The molecule has 0 unspecified atom stereocenters. The maximum Gasteiger partial charge on any atom is 0.261 e. The molecular weight excluding hydrogens is 266 g/mol. The van der Waals surface area contributed by atoms with Gasteiger partial charge in [0.2, 0.25) is 0 Å². The van der Waals surface area contributed by atoms with E-state index in [2.05, 4.69) is 0 Å². The van der Waals surface area contributed by atoms with Crippen LogP contribution in [0.5, 0.6) is 5.75 Å². The van der Waals surface area contributed by atoms with E-state index in [0.717, 1.165) is 11.3 Å². The fourth-order valence-corrected chi connectivity index (χ4v) is 2.42. The summed E-state index contributed by atoms with van der Waals surface area (Å²) in [5, 5.41) is 0. The number of hydrogen-bond acceptors (Lipinski definition) is 3. The molecule has 0 bridgehead atoms. The van der Waals surface area contributed by atoms with Gasteiger partial charge in [0.15, 0.2) is 0 Å². The van der Waals surface area contributed by atoms with Gasteiger partial charge in [0.1, 0.15) is 5.75 Å². The second-order valence-corrected chi connectivity index (χ2v) is 4.82. The van der Waals surface area contributed by atoms with Crippen molar-refractivity contribution in [3.63, 3.8) is 0 Å². The number of carbonyl (C=O) groups excluding carboxylic acids is 2. The zero-order valence-corrected chi connectivity index (χ0v) is 11.7. The molecule has 0 aromatic heterocycles. The van der Waals surface area contributed by atoms with Crippen LogP contribution in [-0.2, 0) is 6.54 Å². The number of nitrogens with zero attached hydrogens (tertiary/aromatic N) is 1. The van der Waals surface area contributed by atoms with E-state index in [9.17, 15) is 9.59 Å². The number of fused-ring (bicyclic) bond motifs is 1. The van der Waals surface area contributed by atoms with Crippen molar-refractivity contribution in [2.75, 3.05) is 6.61 Å². The van der Waals surface area contributed by atoms with Gasteiger partial charge in [0.25, 0.3) is 11.8 Å². The third-order valence-corrected chi connectivity index (χ3v) is 3.45. The highest BCUT2D eigenvalue weighted by molar-refractivity contribution is 6.21. The van der Waals surface area contributed by atoms with Gasteiger partial charge in [-0.15, -0.1) is 0 Å². The lowest BCUT2D eigenvalue weighted by Gasteiger charge is -2.14. The van der Waals surface area contributed by atoms with Gasteiger partial charge in [-0.2, -0.15) is 0 Å². The summed E-state index contributed by atoms with van der Waals surface area (Å²) in [6.45, 7) is 2.81. The molecule has 21 heavy (non-hydrogen) atoms. The van der Waals surface area contributed by atoms with E-state index in [-0.39, 0.29) is 18.4 Å². The SMILES string of the molecule is CCOc1ccc(CN2C(=O)c3ccccc3C2=O)cc1. The van der Waals surface area contributed by atoms with Gasteiger partial charge in [-0.3, -0.25) is 14.5 Å². The molecule has 1 heterocycles. The molecule has 0 saturated heterocycles. The lowest BCUT2D eigenvalue weighted by atomic mass is 10.1. The van der Waals surface area contributed by atoms with Crippen LogP contribution in [0, 0.1) is 0 Å². The largest absolute Gasteiger partial charge is 0.494 e. The molecule has 0 spiro atoms. The van der Waals surface area contributed by atoms with Crippen molar-refractivity contribution in [1.29, 1.82) is 0 Å². The van der Waals surface area contributed by atoms with Crippen LogP contribution in [0.25, 0.3) is 0 Å². The third kappa shape index (κ3) is 2.40. The zero-order chi connectivity index (χ0) is 14.8. The molecule has 0 atom stereocenters. The molecule has 1 aliphatic heterocycles. The molecule has 2 aromatic carbocycles. The van der Waals surface area contributed by atoms with Crippen molar-refractivity contribution in [2.45, 2.75) is 13.5 Å². The van der Waals surface area contributed by atoms with Crippen molar-refractivity contribution in [3.8, 4) is 5.75 Å². The van der Waals surface area contributed by atoms with Gasteiger partial charge in [-0.25, -0.2) is 0 Å². The van der Waals surface area contributed by atoms with E-state index in [1.165, 1.54) is 4.90 Å². The normalized spacial score (nSPS) is 13.5. The van der Waals surface area contributed by atoms with Crippen LogP contribution < -0.4 is 4.74 Å². The van der Waals surface area contributed by atoms with Gasteiger partial charge >= 0.3 is 0 Å². The average Bonchev–Trinajstić information content (AvgIpc) is 2.75. The van der Waals surface area contributed by atoms with Crippen molar-refractivity contribution in [3.05, 3.63) is 65.2 Å². The van der Waals surface area contributed by atoms with Crippen LogP contribution in [0.3, 0.4) is 0 Å². The van der Waals surface area contributed by atoms with E-state index in [1.807, 2.05) is 31.2 Å². The van der Waals surface area contributed by atoms with Crippen LogP contribution in [-0.4, -0.2) is 23.3 Å². The van der Waals surface area contributed by atoms with Crippen molar-refractivity contribution in [2.24, 2.45) is 0 Å². The minimum absolute atomic E-state index is 0.232. The summed E-state index contributed by atoms with van der Waals surface area (Å²) in [7, 11) is 0. The Morgan fingerprint density at radius 1 is 0.905 bits per heavy atom. The Morgan fingerprint density at radius 2 is 1.48 bits per heavy atom. The predicted octanol–water partition coefficient (Wildman–Crippen LogP) is 2.88. The molecule has 2 amide bonds. The Hall–Kier alpha value is -2.62. The summed E-state index contributed by atoms with van der Waals surface area (Å²) < 4.78 is 5.38. The monoisotopic (exact) mass is 281 g/mol. The van der Waals surface area contributed by atoms with Gasteiger partial charge in [-0.05, 0) is 36.8 Å². The number of imide groups is 1. The second kappa shape index (κ2) is 5.40. The molecule has 0 aliphatic carbocycles. The molecule has 0 saturated carbocycles. The van der Waals surface area contributed by atoms with Crippen LogP contribution in [0.4, 0.5) is 0 Å². The summed E-state index contributed by atoms with van der Waals surface area (Å²) in [5.41, 5.74) is 1.86. The Bertz CT molecular complexity index is 656. The van der Waals surface area contributed by atoms with E-state index >= 15 is 0 Å². The van der Waals surface area contributed by atoms with Crippen LogP contribution in [0.15, 0.2) is 48.5 Å². The smallest absolute Gasteiger partial charge is 0.261 e. The Balaban J connectivity index is 1.80. The summed E-state index contributed by atoms with van der Waals surface area (Å²) in [6, 6.07) is 14.3. The second-order valence-electron chi connectivity index (χ2n) is 4.82. The van der Waals surface area contributed by atoms with Gasteiger partial charge in [-0.1, -0.05) is 24.3 Å². The molecule has 4 heteroatoms. The number of benzene rings is 2. The Morgan fingerprint density at radius 3 is 2.00 bits per heavy atom. The molecule has 2 aromatic rings. The summed E-state index contributed by atoms with van der Waals surface area (Å²) >= 11 is 0. The zero-order valence-electron chi connectivity index (χ0n) is 11.7. The lowest BCUT2D eigenvalue weighted by molar-refractivity contribution is 0.0642. The third-order valence-electron chi connectivity index (χ3n) is 3.45. The molecule has 3 rings (SSSR count). The number of amides is 2. The van der Waals surface area contributed by atoms with E-state index < -0.39 is 0 Å². The maximum atomic E-state index is 12.3. The fourth-order valence-electron chi connectivity index (χ4n) is 2.42. The first-order valence-electron chi connectivity index (χ1n) is 6.87. The first kappa shape index (κ1) is 13.4. The maximum absolute atomic E-state index is 12.3. The number of carbonyl (C=O) groups is 2. The molecule has 106 valence electrons. The van der Waals surface area contributed by atoms with Crippen molar-refractivity contribution >= 4 is 11.8 Å². The highest BCUT2D eigenvalue weighted by Crippen LogP contribution is 2.24. The average molecular weight is 281 g/mol. The Kier molecular flexibility index (Phi) is 3.44. The van der Waals surface area contributed by atoms with Gasteiger partial charge in [0, 0.05) is 0 Å². The van der Waals surface area contributed by atoms with Crippen LogP contribution in [0.2, 0.25) is 0 Å². The summed E-state index contributed by atoms with van der Waals surface area (Å²) in [5.74, 6) is 0.317. The topological polar surface area (TPSA) is 46.6 Å². The van der Waals surface area contributed by atoms with Gasteiger partial charge < -0.3 is 4.74 Å². The van der Waals surface area contributed by atoms with Crippen molar-refractivity contribution < 1.29 is 14.3 Å². The first-order valence-corrected chi connectivity index (χ1v) is 6.87. The molecule has 0 radical (unpaired) electrons. The number of hydrogen-bond donors (Lipinski definition) is 0. The van der Waals surface area contributed by atoms with Gasteiger partial charge in [0.05, 0.1) is 24.3 Å². The number of rotatable bonds is 4. The minimum Gasteiger partial charge on any atom is -0.494 e. The first-order chi connectivity index (χ1) is 10.2. The molecule has 1 aliphatic rings.